The topological polar surface area (TPSA) is 90.6 Å². The molecule has 1 atom stereocenters. The van der Waals surface area contributed by atoms with Crippen molar-refractivity contribution in [1.29, 1.82) is 0 Å². The molecular formula is C23H31N5O3. The summed E-state index contributed by atoms with van der Waals surface area (Å²) in [7, 11) is 1.62. The molecule has 0 aliphatic rings. The highest BCUT2D eigenvalue weighted by Crippen LogP contribution is 2.30. The fourth-order valence-corrected chi connectivity index (χ4v) is 3.48. The third-order valence-corrected chi connectivity index (χ3v) is 5.23. The van der Waals surface area contributed by atoms with Gasteiger partial charge in [0, 0.05) is 17.8 Å². The maximum absolute atomic E-state index is 12.6. The van der Waals surface area contributed by atoms with Crippen molar-refractivity contribution < 1.29 is 14.3 Å². The molecule has 3 aromatic rings. The highest BCUT2D eigenvalue weighted by Gasteiger charge is 2.16. The van der Waals surface area contributed by atoms with Crippen LogP contribution < -0.4 is 14.8 Å². The van der Waals surface area contributed by atoms with Gasteiger partial charge in [-0.3, -0.25) is 4.79 Å². The Hall–Kier alpha value is -3.16. The maximum atomic E-state index is 12.6. The molecule has 0 aliphatic carbocycles. The van der Waals surface area contributed by atoms with Gasteiger partial charge in [-0.1, -0.05) is 19.9 Å². The van der Waals surface area contributed by atoms with E-state index in [2.05, 4.69) is 34.2 Å². The molecule has 2 heterocycles. The van der Waals surface area contributed by atoms with Crippen LogP contribution in [0.2, 0.25) is 0 Å². The lowest BCUT2D eigenvalue weighted by Crippen LogP contribution is -2.27. The number of carbonyl (C=O) groups excluding carboxylic acids is 1. The number of rotatable bonds is 9. The molecule has 0 bridgehead atoms. The molecule has 0 radical (unpaired) electrons. The molecule has 31 heavy (non-hydrogen) atoms. The van der Waals surface area contributed by atoms with Crippen LogP contribution in [0.1, 0.15) is 55.7 Å². The Balaban J connectivity index is 1.63. The number of nitrogens with one attached hydrogen (secondary N) is 1. The van der Waals surface area contributed by atoms with Gasteiger partial charge in [-0.25, -0.2) is 9.50 Å². The summed E-state index contributed by atoms with van der Waals surface area (Å²) < 4.78 is 13.0. The van der Waals surface area contributed by atoms with E-state index in [9.17, 15) is 4.79 Å². The fourth-order valence-electron chi connectivity index (χ4n) is 3.48. The largest absolute Gasteiger partial charge is 0.493 e. The van der Waals surface area contributed by atoms with Crippen LogP contribution in [0.15, 0.2) is 24.5 Å². The molecule has 8 nitrogen and oxygen atoms in total. The van der Waals surface area contributed by atoms with Crippen LogP contribution >= 0.6 is 0 Å². The van der Waals surface area contributed by atoms with E-state index in [1.807, 2.05) is 39.0 Å². The minimum absolute atomic E-state index is 0.0240. The Morgan fingerprint density at radius 3 is 2.68 bits per heavy atom. The monoisotopic (exact) mass is 425 g/mol. The average Bonchev–Trinajstić information content (AvgIpc) is 3.20. The summed E-state index contributed by atoms with van der Waals surface area (Å²) in [4.78, 5) is 21.2. The third-order valence-electron chi connectivity index (χ3n) is 5.23. The van der Waals surface area contributed by atoms with E-state index in [0.717, 1.165) is 22.5 Å². The molecule has 0 spiro atoms. The van der Waals surface area contributed by atoms with E-state index in [1.165, 1.54) is 6.33 Å². The number of amides is 1. The van der Waals surface area contributed by atoms with Gasteiger partial charge in [0.1, 0.15) is 6.33 Å². The van der Waals surface area contributed by atoms with E-state index in [-0.39, 0.29) is 11.9 Å². The standard InChI is InChI=1S/C23H31N5O3/c1-14(2)12-31-20-9-7-18(11-21(20)30-6)15(3)26-22(29)10-8-19-16(4)27-23-24-13-25-28(23)17(19)5/h7,9,11,13-15H,8,10,12H2,1-6H3,(H,26,29). The molecule has 0 saturated carbocycles. The molecule has 3 rings (SSSR count). The van der Waals surface area contributed by atoms with Gasteiger partial charge >= 0.3 is 0 Å². The number of hydrogen-bond donors (Lipinski definition) is 1. The molecule has 0 aliphatic heterocycles. The Kier molecular flexibility index (Phi) is 7.09. The van der Waals surface area contributed by atoms with Crippen molar-refractivity contribution in [1.82, 2.24) is 24.9 Å². The van der Waals surface area contributed by atoms with E-state index in [4.69, 9.17) is 9.47 Å². The van der Waals surface area contributed by atoms with Gasteiger partial charge in [0.15, 0.2) is 11.5 Å². The van der Waals surface area contributed by atoms with Crippen molar-refractivity contribution in [2.45, 2.75) is 53.5 Å². The number of aryl methyl sites for hydroxylation is 2. The summed E-state index contributed by atoms with van der Waals surface area (Å²) in [6, 6.07) is 5.61. The number of methoxy groups -OCH3 is 1. The first-order valence-corrected chi connectivity index (χ1v) is 10.6. The van der Waals surface area contributed by atoms with Gasteiger partial charge in [0.25, 0.3) is 5.78 Å². The van der Waals surface area contributed by atoms with Crippen LogP contribution in [0, 0.1) is 19.8 Å². The van der Waals surface area contributed by atoms with Crippen molar-refractivity contribution in [3.63, 3.8) is 0 Å². The SMILES string of the molecule is COc1cc(C(C)NC(=O)CCc2c(C)nc3ncnn3c2C)ccc1OCC(C)C. The van der Waals surface area contributed by atoms with Gasteiger partial charge in [0.05, 0.1) is 19.8 Å². The van der Waals surface area contributed by atoms with Crippen molar-refractivity contribution in [2.24, 2.45) is 5.92 Å². The number of nitrogens with zero attached hydrogens (tertiary/aromatic N) is 4. The molecule has 2 aromatic heterocycles. The highest BCUT2D eigenvalue weighted by molar-refractivity contribution is 5.76. The Labute approximate surface area is 183 Å². The van der Waals surface area contributed by atoms with Crippen LogP contribution in [0.5, 0.6) is 11.5 Å². The summed E-state index contributed by atoms with van der Waals surface area (Å²) in [5.74, 6) is 2.35. The second-order valence-electron chi connectivity index (χ2n) is 8.14. The summed E-state index contributed by atoms with van der Waals surface area (Å²) >= 11 is 0. The summed E-state index contributed by atoms with van der Waals surface area (Å²) in [6.45, 7) is 10.7. The third kappa shape index (κ3) is 5.31. The predicted octanol–water partition coefficient (Wildman–Crippen LogP) is 3.59. The normalized spacial score (nSPS) is 12.2. The molecule has 1 amide bonds. The highest BCUT2D eigenvalue weighted by atomic mass is 16.5. The summed E-state index contributed by atoms with van der Waals surface area (Å²) in [5.41, 5.74) is 3.82. The van der Waals surface area contributed by atoms with Crippen LogP contribution in [-0.2, 0) is 11.2 Å². The first-order valence-electron chi connectivity index (χ1n) is 10.6. The Bertz CT molecular complexity index is 1060. The Morgan fingerprint density at radius 2 is 1.97 bits per heavy atom. The van der Waals surface area contributed by atoms with Gasteiger partial charge in [-0.2, -0.15) is 10.1 Å². The summed E-state index contributed by atoms with van der Waals surface area (Å²) in [6.07, 6.45) is 2.44. The van der Waals surface area contributed by atoms with E-state index >= 15 is 0 Å². The number of hydrogen-bond acceptors (Lipinski definition) is 6. The van der Waals surface area contributed by atoms with Gasteiger partial charge < -0.3 is 14.8 Å². The number of carbonyl (C=O) groups is 1. The zero-order valence-electron chi connectivity index (χ0n) is 19.1. The molecule has 1 unspecified atom stereocenters. The van der Waals surface area contributed by atoms with Gasteiger partial charge in [-0.15, -0.1) is 0 Å². The Morgan fingerprint density at radius 1 is 1.19 bits per heavy atom. The second-order valence-corrected chi connectivity index (χ2v) is 8.14. The predicted molar refractivity (Wildman–Crippen MR) is 118 cm³/mol. The molecule has 166 valence electrons. The molecule has 1 aromatic carbocycles. The maximum Gasteiger partial charge on any atom is 0.252 e. The molecule has 0 fully saturated rings. The quantitative estimate of drug-likeness (QED) is 0.563. The minimum atomic E-state index is -0.154. The first-order chi connectivity index (χ1) is 14.8. The van der Waals surface area contributed by atoms with E-state index in [1.54, 1.807) is 11.6 Å². The molecular weight excluding hydrogens is 394 g/mol. The summed E-state index contributed by atoms with van der Waals surface area (Å²) in [5, 5.41) is 7.27. The van der Waals surface area contributed by atoms with Crippen molar-refractivity contribution in [3.05, 3.63) is 47.0 Å². The van der Waals surface area contributed by atoms with Crippen molar-refractivity contribution in [2.75, 3.05) is 13.7 Å². The molecule has 1 N–H and O–H groups in total. The van der Waals surface area contributed by atoms with Crippen LogP contribution in [0.3, 0.4) is 0 Å². The van der Waals surface area contributed by atoms with Gasteiger partial charge in [0.2, 0.25) is 5.91 Å². The van der Waals surface area contributed by atoms with E-state index < -0.39 is 0 Å². The van der Waals surface area contributed by atoms with Crippen LogP contribution in [0.25, 0.3) is 5.78 Å². The van der Waals surface area contributed by atoms with Crippen LogP contribution in [-0.4, -0.2) is 39.2 Å². The van der Waals surface area contributed by atoms with Crippen LogP contribution in [0.4, 0.5) is 0 Å². The smallest absolute Gasteiger partial charge is 0.252 e. The lowest BCUT2D eigenvalue weighted by Gasteiger charge is -2.18. The number of benzene rings is 1. The first kappa shape index (κ1) is 22.5. The van der Waals surface area contributed by atoms with E-state index in [0.29, 0.717) is 42.6 Å². The molecule has 8 heteroatoms. The van der Waals surface area contributed by atoms with Gasteiger partial charge in [-0.05, 0) is 56.4 Å². The number of ether oxygens (including phenoxy) is 2. The average molecular weight is 426 g/mol. The zero-order chi connectivity index (χ0) is 22.5. The zero-order valence-corrected chi connectivity index (χ0v) is 19.1. The second kappa shape index (κ2) is 9.76. The number of aromatic nitrogens is 4. The molecule has 0 saturated heterocycles. The minimum Gasteiger partial charge on any atom is -0.493 e. The van der Waals surface area contributed by atoms with Crippen molar-refractivity contribution >= 4 is 11.7 Å². The lowest BCUT2D eigenvalue weighted by atomic mass is 10.0. The fraction of sp³-hybridized carbons (Fsp3) is 0.478. The van der Waals surface area contributed by atoms with Crippen molar-refractivity contribution in [3.8, 4) is 11.5 Å². The number of fused-ring (bicyclic) bond motifs is 1. The lowest BCUT2D eigenvalue weighted by molar-refractivity contribution is -0.121.